The Labute approximate surface area is 92.3 Å². The van der Waals surface area contributed by atoms with Gasteiger partial charge in [0.2, 0.25) is 0 Å². The number of hydrogen-bond acceptors (Lipinski definition) is 3. The highest BCUT2D eigenvalue weighted by atomic mass is 79.9. The van der Waals surface area contributed by atoms with Crippen molar-refractivity contribution in [3.05, 3.63) is 0 Å². The SMILES string of the molecule is O=C1OC(CCBr)CC12CCOCC2. The number of halogens is 1. The molecule has 14 heavy (non-hydrogen) atoms. The second-order valence-electron chi connectivity index (χ2n) is 4.10. The molecule has 2 rings (SSSR count). The van der Waals surface area contributed by atoms with Gasteiger partial charge in [-0.2, -0.15) is 0 Å². The number of rotatable bonds is 2. The van der Waals surface area contributed by atoms with Crippen LogP contribution in [0.3, 0.4) is 0 Å². The van der Waals surface area contributed by atoms with Gasteiger partial charge in [0.05, 0.1) is 5.41 Å². The number of ether oxygens (including phenoxy) is 2. The maximum Gasteiger partial charge on any atom is 0.312 e. The highest BCUT2D eigenvalue weighted by Gasteiger charge is 2.49. The normalized spacial score (nSPS) is 30.6. The molecule has 0 radical (unpaired) electrons. The van der Waals surface area contributed by atoms with Gasteiger partial charge in [-0.15, -0.1) is 0 Å². The Bertz CT molecular complexity index is 223. The molecule has 2 aliphatic heterocycles. The van der Waals surface area contributed by atoms with Crippen molar-refractivity contribution >= 4 is 21.9 Å². The van der Waals surface area contributed by atoms with Crippen LogP contribution in [0, 0.1) is 5.41 Å². The fourth-order valence-electron chi connectivity index (χ4n) is 2.29. The molecule has 0 aliphatic carbocycles. The van der Waals surface area contributed by atoms with Crippen molar-refractivity contribution in [2.24, 2.45) is 5.41 Å². The van der Waals surface area contributed by atoms with Gasteiger partial charge in [0, 0.05) is 25.0 Å². The van der Waals surface area contributed by atoms with Crippen LogP contribution in [0.1, 0.15) is 25.7 Å². The van der Waals surface area contributed by atoms with Crippen molar-refractivity contribution in [2.45, 2.75) is 31.8 Å². The molecule has 0 aromatic carbocycles. The van der Waals surface area contributed by atoms with Crippen molar-refractivity contribution in [1.29, 1.82) is 0 Å². The first kappa shape index (κ1) is 10.4. The van der Waals surface area contributed by atoms with Crippen molar-refractivity contribution in [3.8, 4) is 0 Å². The Morgan fingerprint density at radius 2 is 2.14 bits per heavy atom. The van der Waals surface area contributed by atoms with Gasteiger partial charge in [0.1, 0.15) is 6.10 Å². The molecule has 2 heterocycles. The van der Waals surface area contributed by atoms with Gasteiger partial charge in [-0.25, -0.2) is 0 Å². The van der Waals surface area contributed by atoms with Gasteiger partial charge in [-0.3, -0.25) is 4.79 Å². The standard InChI is InChI=1S/C10H15BrO3/c11-4-1-8-7-10(9(12)14-8)2-5-13-6-3-10/h8H,1-7H2. The van der Waals surface area contributed by atoms with E-state index in [4.69, 9.17) is 9.47 Å². The van der Waals surface area contributed by atoms with Crippen molar-refractivity contribution in [2.75, 3.05) is 18.5 Å². The largest absolute Gasteiger partial charge is 0.462 e. The van der Waals surface area contributed by atoms with Gasteiger partial charge >= 0.3 is 5.97 Å². The van der Waals surface area contributed by atoms with Crippen LogP contribution >= 0.6 is 15.9 Å². The molecule has 2 fully saturated rings. The molecule has 1 unspecified atom stereocenters. The van der Waals surface area contributed by atoms with Crippen LogP contribution in [0.5, 0.6) is 0 Å². The molecule has 80 valence electrons. The summed E-state index contributed by atoms with van der Waals surface area (Å²) in [5.41, 5.74) is -0.203. The number of esters is 1. The lowest BCUT2D eigenvalue weighted by molar-refractivity contribution is -0.152. The fourth-order valence-corrected chi connectivity index (χ4v) is 2.80. The minimum atomic E-state index is -0.203. The molecule has 0 saturated carbocycles. The van der Waals surface area contributed by atoms with Gasteiger partial charge in [-0.05, 0) is 19.3 Å². The molecular weight excluding hydrogens is 248 g/mol. The van der Waals surface area contributed by atoms with Crippen LogP contribution in [-0.4, -0.2) is 30.6 Å². The Morgan fingerprint density at radius 1 is 1.43 bits per heavy atom. The Morgan fingerprint density at radius 3 is 2.79 bits per heavy atom. The van der Waals surface area contributed by atoms with E-state index in [9.17, 15) is 4.79 Å². The summed E-state index contributed by atoms with van der Waals surface area (Å²) in [7, 11) is 0. The zero-order valence-electron chi connectivity index (χ0n) is 8.13. The van der Waals surface area contributed by atoms with E-state index in [2.05, 4.69) is 15.9 Å². The molecule has 2 saturated heterocycles. The number of alkyl halides is 1. The molecule has 0 aromatic rings. The monoisotopic (exact) mass is 262 g/mol. The van der Waals surface area contributed by atoms with E-state index in [0.29, 0.717) is 13.2 Å². The number of carbonyl (C=O) groups excluding carboxylic acids is 1. The van der Waals surface area contributed by atoms with Gasteiger partial charge in [0.15, 0.2) is 0 Å². The number of cyclic esters (lactones) is 1. The second kappa shape index (κ2) is 4.19. The average molecular weight is 263 g/mol. The number of carbonyl (C=O) groups is 1. The van der Waals surface area contributed by atoms with Crippen LogP contribution in [0.15, 0.2) is 0 Å². The van der Waals surface area contributed by atoms with Gasteiger partial charge in [0.25, 0.3) is 0 Å². The third-order valence-electron chi connectivity index (χ3n) is 3.21. The molecule has 1 atom stereocenters. The van der Waals surface area contributed by atoms with Crippen LogP contribution in [0.25, 0.3) is 0 Å². The van der Waals surface area contributed by atoms with E-state index in [0.717, 1.165) is 31.0 Å². The molecular formula is C10H15BrO3. The molecule has 2 aliphatic rings. The van der Waals surface area contributed by atoms with Crippen molar-refractivity contribution in [1.82, 2.24) is 0 Å². The smallest absolute Gasteiger partial charge is 0.312 e. The molecule has 0 bridgehead atoms. The maximum absolute atomic E-state index is 11.7. The number of hydrogen-bond donors (Lipinski definition) is 0. The summed E-state index contributed by atoms with van der Waals surface area (Å²) in [6, 6.07) is 0. The van der Waals surface area contributed by atoms with Crippen LogP contribution in [-0.2, 0) is 14.3 Å². The van der Waals surface area contributed by atoms with Crippen molar-refractivity contribution < 1.29 is 14.3 Å². The van der Waals surface area contributed by atoms with E-state index >= 15 is 0 Å². The lowest BCUT2D eigenvalue weighted by Gasteiger charge is -2.28. The van der Waals surface area contributed by atoms with Gasteiger partial charge in [-0.1, -0.05) is 15.9 Å². The summed E-state index contributed by atoms with van der Waals surface area (Å²) in [6.07, 6.45) is 3.62. The Balaban J connectivity index is 2.01. The summed E-state index contributed by atoms with van der Waals surface area (Å²) in [5.74, 6) is 0.00625. The second-order valence-corrected chi connectivity index (χ2v) is 4.89. The lowest BCUT2D eigenvalue weighted by atomic mass is 9.77. The van der Waals surface area contributed by atoms with Gasteiger partial charge < -0.3 is 9.47 Å². The van der Waals surface area contributed by atoms with Crippen LogP contribution in [0.2, 0.25) is 0 Å². The molecule has 4 heteroatoms. The summed E-state index contributed by atoms with van der Waals surface area (Å²) in [4.78, 5) is 11.7. The minimum Gasteiger partial charge on any atom is -0.462 e. The van der Waals surface area contributed by atoms with E-state index in [-0.39, 0.29) is 17.5 Å². The Hall–Kier alpha value is -0.0900. The summed E-state index contributed by atoms with van der Waals surface area (Å²) >= 11 is 3.38. The first-order valence-corrected chi connectivity index (χ1v) is 6.24. The fraction of sp³-hybridized carbons (Fsp3) is 0.900. The van der Waals surface area contributed by atoms with E-state index in [1.165, 1.54) is 0 Å². The molecule has 0 amide bonds. The summed E-state index contributed by atoms with van der Waals surface area (Å²) < 4.78 is 10.7. The van der Waals surface area contributed by atoms with E-state index in [1.54, 1.807) is 0 Å². The zero-order chi connectivity index (χ0) is 10.0. The zero-order valence-corrected chi connectivity index (χ0v) is 9.72. The van der Waals surface area contributed by atoms with Crippen LogP contribution in [0.4, 0.5) is 0 Å². The first-order chi connectivity index (χ1) is 6.77. The highest BCUT2D eigenvalue weighted by molar-refractivity contribution is 9.09. The molecule has 0 N–H and O–H groups in total. The predicted octanol–water partition coefficient (Wildman–Crippen LogP) is 1.88. The highest BCUT2D eigenvalue weighted by Crippen LogP contribution is 2.43. The van der Waals surface area contributed by atoms with E-state index in [1.807, 2.05) is 0 Å². The summed E-state index contributed by atoms with van der Waals surface area (Å²) in [6.45, 7) is 1.41. The minimum absolute atomic E-state index is 0.00625. The average Bonchev–Trinajstić information content (AvgIpc) is 2.45. The molecule has 1 spiro atoms. The molecule has 3 nitrogen and oxygen atoms in total. The first-order valence-electron chi connectivity index (χ1n) is 5.12. The quantitative estimate of drug-likeness (QED) is 0.563. The third-order valence-corrected chi connectivity index (χ3v) is 3.66. The Kier molecular flexibility index (Phi) is 3.12. The maximum atomic E-state index is 11.7. The van der Waals surface area contributed by atoms with Crippen LogP contribution < -0.4 is 0 Å². The molecule has 0 aromatic heterocycles. The van der Waals surface area contributed by atoms with Crippen molar-refractivity contribution in [3.63, 3.8) is 0 Å². The topological polar surface area (TPSA) is 35.5 Å². The predicted molar refractivity (Wildman–Crippen MR) is 55.4 cm³/mol. The van der Waals surface area contributed by atoms with E-state index < -0.39 is 0 Å². The summed E-state index contributed by atoms with van der Waals surface area (Å²) in [5, 5.41) is 0.900. The third kappa shape index (κ3) is 1.82. The lowest BCUT2D eigenvalue weighted by Crippen LogP contribution is -2.33.